The molecule has 1 N–H and O–H groups in total. The highest BCUT2D eigenvalue weighted by molar-refractivity contribution is 6.32. The highest BCUT2D eigenvalue weighted by atomic mass is 35.5. The first-order valence-corrected chi connectivity index (χ1v) is 5.41. The number of rotatable bonds is 5. The molecule has 0 unspecified atom stereocenters. The van der Waals surface area contributed by atoms with Crippen LogP contribution in [0.2, 0.25) is 5.15 Å². The van der Waals surface area contributed by atoms with Crippen molar-refractivity contribution in [3.8, 4) is 0 Å². The number of aryl methyl sites for hydroxylation is 1. The molecule has 86 valence electrons. The van der Waals surface area contributed by atoms with Gasteiger partial charge >= 0.3 is 0 Å². The molecule has 0 saturated heterocycles. The lowest BCUT2D eigenvalue weighted by Crippen LogP contribution is -2.08. The Hall–Kier alpha value is -1.42. The molecule has 0 atom stereocenters. The summed E-state index contributed by atoms with van der Waals surface area (Å²) in [6.07, 6.45) is 5.54. The largest absolute Gasteiger partial charge is 0.369 e. The Bertz CT molecular complexity index is 404. The number of aromatic nitrogens is 2. The van der Waals surface area contributed by atoms with Crippen molar-refractivity contribution in [2.45, 2.75) is 20.3 Å². The molecular weight excluding hydrogens is 226 g/mol. The first-order chi connectivity index (χ1) is 7.69. The van der Waals surface area contributed by atoms with Gasteiger partial charge in [0.2, 0.25) is 0 Å². The Morgan fingerprint density at radius 2 is 2.19 bits per heavy atom. The van der Waals surface area contributed by atoms with Crippen LogP contribution in [0.25, 0.3) is 0 Å². The fourth-order valence-corrected chi connectivity index (χ4v) is 1.48. The minimum absolute atomic E-state index is 0.191. The second-order valence-electron chi connectivity index (χ2n) is 3.23. The minimum atomic E-state index is 0.191. The number of carbonyl (C=O) groups excluding carboxylic acids is 1. The molecule has 0 spiro atoms. The van der Waals surface area contributed by atoms with Crippen LogP contribution < -0.4 is 5.32 Å². The zero-order valence-corrected chi connectivity index (χ0v) is 10.1. The number of nitrogens with one attached hydrogen (secondary N) is 1. The van der Waals surface area contributed by atoms with Crippen LogP contribution in [-0.2, 0) is 0 Å². The number of halogens is 1. The van der Waals surface area contributed by atoms with Gasteiger partial charge in [-0.25, -0.2) is 9.97 Å². The quantitative estimate of drug-likeness (QED) is 0.371. The molecule has 4 nitrogen and oxygen atoms in total. The highest BCUT2D eigenvalue weighted by Crippen LogP contribution is 2.18. The summed E-state index contributed by atoms with van der Waals surface area (Å²) in [6, 6.07) is 0. The molecule has 0 radical (unpaired) electrons. The normalized spacial score (nSPS) is 10.7. The standard InChI is InChI=1S/C11H14ClN3O/c1-3-4-5-6-13-11-9(7-16)10(12)14-8(2)15-11/h3-4,7H,5-6H2,1-2H3,(H,13,14,15)/b4-3+. The Kier molecular flexibility index (Phi) is 4.92. The van der Waals surface area contributed by atoms with Crippen LogP contribution in [0.3, 0.4) is 0 Å². The Balaban J connectivity index is 2.81. The van der Waals surface area contributed by atoms with E-state index < -0.39 is 0 Å². The SMILES string of the molecule is C/C=C/CCNc1nc(C)nc(Cl)c1C=O. The molecule has 0 fully saturated rings. The van der Waals surface area contributed by atoms with Crippen molar-refractivity contribution in [1.82, 2.24) is 9.97 Å². The third-order valence-corrected chi connectivity index (χ3v) is 2.26. The minimum Gasteiger partial charge on any atom is -0.369 e. The van der Waals surface area contributed by atoms with E-state index in [2.05, 4.69) is 15.3 Å². The number of allylic oxidation sites excluding steroid dienone is 1. The van der Waals surface area contributed by atoms with Gasteiger partial charge < -0.3 is 5.32 Å². The molecule has 1 heterocycles. The summed E-state index contributed by atoms with van der Waals surface area (Å²) in [5.41, 5.74) is 0.313. The first kappa shape index (κ1) is 12.6. The van der Waals surface area contributed by atoms with Gasteiger partial charge in [-0.2, -0.15) is 0 Å². The zero-order valence-electron chi connectivity index (χ0n) is 9.33. The fraction of sp³-hybridized carbons (Fsp3) is 0.364. The smallest absolute Gasteiger partial charge is 0.156 e. The average molecular weight is 240 g/mol. The Morgan fingerprint density at radius 1 is 1.44 bits per heavy atom. The number of hydrogen-bond acceptors (Lipinski definition) is 4. The van der Waals surface area contributed by atoms with Gasteiger partial charge in [0.05, 0.1) is 5.56 Å². The lowest BCUT2D eigenvalue weighted by atomic mass is 10.3. The van der Waals surface area contributed by atoms with Gasteiger partial charge in [-0.05, 0) is 20.3 Å². The van der Waals surface area contributed by atoms with E-state index in [9.17, 15) is 4.79 Å². The number of aldehydes is 1. The molecule has 1 aromatic rings. The van der Waals surface area contributed by atoms with Crippen molar-refractivity contribution in [2.24, 2.45) is 0 Å². The van der Waals surface area contributed by atoms with Gasteiger partial charge in [-0.15, -0.1) is 0 Å². The van der Waals surface area contributed by atoms with E-state index in [1.807, 2.05) is 19.1 Å². The molecule has 0 bridgehead atoms. The Labute approximate surface area is 99.8 Å². The predicted molar refractivity (Wildman–Crippen MR) is 65.1 cm³/mol. The van der Waals surface area contributed by atoms with Crippen LogP contribution in [0.4, 0.5) is 5.82 Å². The van der Waals surface area contributed by atoms with Crippen molar-refractivity contribution >= 4 is 23.7 Å². The van der Waals surface area contributed by atoms with Crippen LogP contribution in [0, 0.1) is 6.92 Å². The molecule has 0 aliphatic rings. The lowest BCUT2D eigenvalue weighted by molar-refractivity contribution is 0.112. The van der Waals surface area contributed by atoms with Gasteiger partial charge in [0.1, 0.15) is 16.8 Å². The van der Waals surface area contributed by atoms with E-state index >= 15 is 0 Å². The summed E-state index contributed by atoms with van der Waals surface area (Å²) in [5, 5.41) is 3.25. The van der Waals surface area contributed by atoms with Crippen LogP contribution in [0.5, 0.6) is 0 Å². The van der Waals surface area contributed by atoms with E-state index in [1.165, 1.54) is 0 Å². The fourth-order valence-electron chi connectivity index (χ4n) is 1.23. The van der Waals surface area contributed by atoms with Gasteiger partial charge in [0, 0.05) is 6.54 Å². The van der Waals surface area contributed by atoms with E-state index in [4.69, 9.17) is 11.6 Å². The monoisotopic (exact) mass is 239 g/mol. The molecule has 0 amide bonds. The summed E-state index contributed by atoms with van der Waals surface area (Å²) < 4.78 is 0. The molecule has 1 rings (SSSR count). The van der Waals surface area contributed by atoms with Gasteiger partial charge in [-0.1, -0.05) is 23.8 Å². The van der Waals surface area contributed by atoms with Crippen LogP contribution in [0.15, 0.2) is 12.2 Å². The molecule has 0 aliphatic carbocycles. The molecule has 1 aromatic heterocycles. The summed E-state index contributed by atoms with van der Waals surface area (Å²) in [6.45, 7) is 4.40. The molecule has 16 heavy (non-hydrogen) atoms. The van der Waals surface area contributed by atoms with Crippen molar-refractivity contribution < 1.29 is 4.79 Å². The Morgan fingerprint density at radius 3 is 2.81 bits per heavy atom. The molecule has 5 heteroatoms. The van der Waals surface area contributed by atoms with E-state index in [1.54, 1.807) is 6.92 Å². The number of anilines is 1. The van der Waals surface area contributed by atoms with E-state index in [-0.39, 0.29) is 5.15 Å². The zero-order chi connectivity index (χ0) is 12.0. The van der Waals surface area contributed by atoms with Gasteiger partial charge in [0.25, 0.3) is 0 Å². The van der Waals surface area contributed by atoms with Crippen molar-refractivity contribution in [3.63, 3.8) is 0 Å². The first-order valence-electron chi connectivity index (χ1n) is 5.03. The lowest BCUT2D eigenvalue weighted by Gasteiger charge is -2.08. The maximum Gasteiger partial charge on any atom is 0.156 e. The average Bonchev–Trinajstić information content (AvgIpc) is 2.24. The van der Waals surface area contributed by atoms with Crippen LogP contribution >= 0.6 is 11.6 Å². The number of carbonyl (C=O) groups is 1. The van der Waals surface area contributed by atoms with Crippen LogP contribution in [0.1, 0.15) is 29.5 Å². The van der Waals surface area contributed by atoms with Crippen molar-refractivity contribution in [2.75, 3.05) is 11.9 Å². The van der Waals surface area contributed by atoms with E-state index in [0.717, 1.165) is 6.42 Å². The molecule has 0 aromatic carbocycles. The third kappa shape index (κ3) is 3.31. The van der Waals surface area contributed by atoms with E-state index in [0.29, 0.717) is 30.0 Å². The molecular formula is C11H14ClN3O. The maximum absolute atomic E-state index is 10.8. The van der Waals surface area contributed by atoms with Crippen molar-refractivity contribution in [1.29, 1.82) is 0 Å². The summed E-state index contributed by atoms with van der Waals surface area (Å²) in [5.74, 6) is 1.04. The third-order valence-electron chi connectivity index (χ3n) is 1.97. The molecule has 0 aliphatic heterocycles. The van der Waals surface area contributed by atoms with Crippen LogP contribution in [-0.4, -0.2) is 22.8 Å². The summed E-state index contributed by atoms with van der Waals surface area (Å²) in [7, 11) is 0. The predicted octanol–water partition coefficient (Wildman–Crippen LogP) is 2.63. The number of hydrogen-bond donors (Lipinski definition) is 1. The highest BCUT2D eigenvalue weighted by Gasteiger charge is 2.09. The topological polar surface area (TPSA) is 54.9 Å². The van der Waals surface area contributed by atoms with Gasteiger partial charge in [0.15, 0.2) is 6.29 Å². The van der Waals surface area contributed by atoms with Gasteiger partial charge in [-0.3, -0.25) is 4.79 Å². The summed E-state index contributed by atoms with van der Waals surface area (Å²) >= 11 is 5.84. The second kappa shape index (κ2) is 6.23. The second-order valence-corrected chi connectivity index (χ2v) is 3.58. The molecule has 0 saturated carbocycles. The summed E-state index contributed by atoms with van der Waals surface area (Å²) in [4.78, 5) is 18.9. The maximum atomic E-state index is 10.8. The van der Waals surface area contributed by atoms with Crippen molar-refractivity contribution in [3.05, 3.63) is 28.7 Å². The number of nitrogens with zero attached hydrogens (tertiary/aromatic N) is 2.